The van der Waals surface area contributed by atoms with Crippen LogP contribution < -0.4 is 4.74 Å². The van der Waals surface area contributed by atoms with Gasteiger partial charge in [-0.1, -0.05) is 11.6 Å². The van der Waals surface area contributed by atoms with E-state index < -0.39 is 10.7 Å². The summed E-state index contributed by atoms with van der Waals surface area (Å²) < 4.78 is 18.4. The number of nitro groups is 1. The third kappa shape index (κ3) is 2.93. The van der Waals surface area contributed by atoms with Gasteiger partial charge >= 0.3 is 0 Å². The molecule has 16 heavy (non-hydrogen) atoms. The van der Waals surface area contributed by atoms with Crippen LogP contribution >= 0.6 is 11.6 Å². The van der Waals surface area contributed by atoms with Gasteiger partial charge in [0, 0.05) is 11.6 Å². The van der Waals surface area contributed by atoms with Crippen LogP contribution in [0.1, 0.15) is 12.5 Å². The first kappa shape index (κ1) is 12.4. The number of benzene rings is 1. The minimum absolute atomic E-state index is 0.0277. The third-order valence-electron chi connectivity index (χ3n) is 1.75. The Bertz CT molecular complexity index is 434. The average Bonchev–Trinajstić information content (AvgIpc) is 2.22. The van der Waals surface area contributed by atoms with Crippen LogP contribution in [0.2, 0.25) is 5.02 Å². The highest BCUT2D eigenvalue weighted by Crippen LogP contribution is 2.31. The summed E-state index contributed by atoms with van der Waals surface area (Å²) in [4.78, 5) is 9.44. The molecule has 0 heterocycles. The molecule has 1 aromatic carbocycles. The van der Waals surface area contributed by atoms with Gasteiger partial charge in [0.25, 0.3) is 0 Å². The van der Waals surface area contributed by atoms with Crippen molar-refractivity contribution in [1.82, 2.24) is 0 Å². The standard InChI is InChI=1S/C10H9ClFNO3/c1-2-16-9-4-3-8(12)7(10(9)11)5-6-13(14)15/h3-6H,2H2,1H3. The zero-order valence-electron chi connectivity index (χ0n) is 8.44. The molecule has 86 valence electrons. The summed E-state index contributed by atoms with van der Waals surface area (Å²) in [6.07, 6.45) is 1.63. The summed E-state index contributed by atoms with van der Waals surface area (Å²) >= 11 is 5.84. The van der Waals surface area contributed by atoms with Gasteiger partial charge in [-0.2, -0.15) is 0 Å². The highest BCUT2D eigenvalue weighted by atomic mass is 35.5. The maximum Gasteiger partial charge on any atom is 0.235 e. The Kier molecular flexibility index (Phi) is 4.25. The van der Waals surface area contributed by atoms with E-state index in [4.69, 9.17) is 16.3 Å². The second-order valence-electron chi connectivity index (χ2n) is 2.81. The molecule has 1 aromatic rings. The molecule has 0 amide bonds. The molecule has 0 aliphatic heterocycles. The van der Waals surface area contributed by atoms with Gasteiger partial charge in [-0.05, 0) is 19.1 Å². The molecule has 0 N–H and O–H groups in total. The molecule has 0 aliphatic rings. The molecule has 0 saturated carbocycles. The van der Waals surface area contributed by atoms with E-state index in [-0.39, 0.29) is 10.6 Å². The molecule has 0 aliphatic carbocycles. The van der Waals surface area contributed by atoms with E-state index in [1.807, 2.05) is 0 Å². The van der Waals surface area contributed by atoms with Crippen LogP contribution in [0.3, 0.4) is 0 Å². The number of ether oxygens (including phenoxy) is 1. The fraction of sp³-hybridized carbons (Fsp3) is 0.200. The smallest absolute Gasteiger partial charge is 0.235 e. The van der Waals surface area contributed by atoms with Crippen LogP contribution in [0.4, 0.5) is 4.39 Å². The topological polar surface area (TPSA) is 52.4 Å². The van der Waals surface area contributed by atoms with Gasteiger partial charge in [0.1, 0.15) is 11.6 Å². The van der Waals surface area contributed by atoms with Crippen molar-refractivity contribution in [2.45, 2.75) is 6.92 Å². The van der Waals surface area contributed by atoms with Gasteiger partial charge in [0.05, 0.1) is 16.6 Å². The lowest BCUT2D eigenvalue weighted by Gasteiger charge is -2.07. The second kappa shape index (κ2) is 5.46. The van der Waals surface area contributed by atoms with Crippen LogP contribution in [0.5, 0.6) is 5.75 Å². The Labute approximate surface area is 96.4 Å². The molecule has 4 nitrogen and oxygen atoms in total. The summed E-state index contributed by atoms with van der Waals surface area (Å²) in [6, 6.07) is 2.53. The molecule has 0 radical (unpaired) electrons. The molecule has 0 saturated heterocycles. The molecule has 0 bridgehead atoms. The van der Waals surface area contributed by atoms with E-state index in [1.165, 1.54) is 6.07 Å². The molecule has 0 aromatic heterocycles. The van der Waals surface area contributed by atoms with E-state index >= 15 is 0 Å². The van der Waals surface area contributed by atoms with Crippen molar-refractivity contribution < 1.29 is 14.1 Å². The first-order valence-electron chi connectivity index (χ1n) is 4.48. The summed E-state index contributed by atoms with van der Waals surface area (Å²) in [6.45, 7) is 2.13. The monoisotopic (exact) mass is 245 g/mol. The van der Waals surface area contributed by atoms with Crippen LogP contribution in [-0.2, 0) is 0 Å². The van der Waals surface area contributed by atoms with Crippen molar-refractivity contribution in [3.05, 3.63) is 44.9 Å². The van der Waals surface area contributed by atoms with Gasteiger partial charge in [0.2, 0.25) is 6.20 Å². The molecule has 0 atom stereocenters. The van der Waals surface area contributed by atoms with Crippen molar-refractivity contribution in [3.8, 4) is 5.75 Å². The third-order valence-corrected chi connectivity index (χ3v) is 2.14. The fourth-order valence-corrected chi connectivity index (χ4v) is 1.38. The zero-order chi connectivity index (χ0) is 12.1. The van der Waals surface area contributed by atoms with E-state index in [2.05, 4.69) is 0 Å². The molecular weight excluding hydrogens is 237 g/mol. The first-order valence-corrected chi connectivity index (χ1v) is 4.86. The lowest BCUT2D eigenvalue weighted by atomic mass is 10.2. The van der Waals surface area contributed by atoms with Crippen molar-refractivity contribution in [3.63, 3.8) is 0 Å². The summed E-state index contributed by atoms with van der Waals surface area (Å²) in [7, 11) is 0. The summed E-state index contributed by atoms with van der Waals surface area (Å²) in [5.74, 6) is -0.333. The predicted octanol–water partition coefficient (Wildman–Crippen LogP) is 3.13. The van der Waals surface area contributed by atoms with Gasteiger partial charge in [0.15, 0.2) is 0 Å². The summed E-state index contributed by atoms with van der Waals surface area (Å²) in [5, 5.41) is 10.2. The molecule has 1 rings (SSSR count). The Hall–Kier alpha value is -1.62. The molecule has 0 unspecified atom stereocenters. The number of hydrogen-bond acceptors (Lipinski definition) is 3. The lowest BCUT2D eigenvalue weighted by molar-refractivity contribution is -0.400. The molecule has 0 spiro atoms. The van der Waals surface area contributed by atoms with Gasteiger partial charge in [-0.25, -0.2) is 4.39 Å². The highest BCUT2D eigenvalue weighted by Gasteiger charge is 2.11. The van der Waals surface area contributed by atoms with Crippen LogP contribution in [0, 0.1) is 15.9 Å². The number of halogens is 2. The lowest BCUT2D eigenvalue weighted by Crippen LogP contribution is -1.95. The second-order valence-corrected chi connectivity index (χ2v) is 3.19. The quantitative estimate of drug-likeness (QED) is 0.605. The molecule has 6 heteroatoms. The van der Waals surface area contributed by atoms with Crippen molar-refractivity contribution in [2.24, 2.45) is 0 Å². The Balaban J connectivity index is 3.15. The predicted molar refractivity (Wildman–Crippen MR) is 58.6 cm³/mol. The number of rotatable bonds is 4. The normalized spacial score (nSPS) is 10.7. The number of hydrogen-bond donors (Lipinski definition) is 0. The fourth-order valence-electron chi connectivity index (χ4n) is 1.10. The highest BCUT2D eigenvalue weighted by molar-refractivity contribution is 6.33. The van der Waals surface area contributed by atoms with Crippen LogP contribution in [0.25, 0.3) is 6.08 Å². The zero-order valence-corrected chi connectivity index (χ0v) is 9.20. The maximum absolute atomic E-state index is 13.3. The average molecular weight is 246 g/mol. The SMILES string of the molecule is CCOc1ccc(F)c(C=C[N+](=O)[O-])c1Cl. The van der Waals surface area contributed by atoms with E-state index in [1.54, 1.807) is 6.92 Å². The maximum atomic E-state index is 13.3. The Morgan fingerprint density at radius 1 is 1.62 bits per heavy atom. The number of nitrogens with zero attached hydrogens (tertiary/aromatic N) is 1. The van der Waals surface area contributed by atoms with Gasteiger partial charge < -0.3 is 4.74 Å². The largest absolute Gasteiger partial charge is 0.492 e. The van der Waals surface area contributed by atoms with Gasteiger partial charge in [-0.3, -0.25) is 10.1 Å². The molecular formula is C10H9ClFNO3. The van der Waals surface area contributed by atoms with E-state index in [9.17, 15) is 14.5 Å². The van der Waals surface area contributed by atoms with Crippen LogP contribution in [-0.4, -0.2) is 11.5 Å². The summed E-state index contributed by atoms with van der Waals surface area (Å²) in [5.41, 5.74) is -0.0516. The van der Waals surface area contributed by atoms with Crippen molar-refractivity contribution in [2.75, 3.05) is 6.61 Å². The van der Waals surface area contributed by atoms with E-state index in [0.717, 1.165) is 12.1 Å². The van der Waals surface area contributed by atoms with Gasteiger partial charge in [-0.15, -0.1) is 0 Å². The molecule has 0 fully saturated rings. The minimum Gasteiger partial charge on any atom is -0.492 e. The van der Waals surface area contributed by atoms with Crippen LogP contribution in [0.15, 0.2) is 18.3 Å². The van der Waals surface area contributed by atoms with Crippen molar-refractivity contribution in [1.29, 1.82) is 0 Å². The first-order chi connectivity index (χ1) is 7.56. The minimum atomic E-state index is -0.691. The van der Waals surface area contributed by atoms with Crippen molar-refractivity contribution >= 4 is 17.7 Å². The van der Waals surface area contributed by atoms with E-state index in [0.29, 0.717) is 18.6 Å². The Morgan fingerprint density at radius 3 is 2.88 bits per heavy atom. The Morgan fingerprint density at radius 2 is 2.31 bits per heavy atom.